The Kier molecular flexibility index (Phi) is 4.42. The average Bonchev–Trinajstić information content (AvgIpc) is 2.85. The Morgan fingerprint density at radius 1 is 1.09 bits per heavy atom. The molecule has 1 fully saturated rings. The molecule has 0 saturated carbocycles. The highest BCUT2D eigenvalue weighted by Crippen LogP contribution is 2.29. The maximum atomic E-state index is 6.20. The lowest BCUT2D eigenvalue weighted by atomic mass is 10.1. The van der Waals surface area contributed by atoms with Gasteiger partial charge in [0.25, 0.3) is 0 Å². The van der Waals surface area contributed by atoms with E-state index in [2.05, 4.69) is 43.0 Å². The van der Waals surface area contributed by atoms with E-state index in [0.29, 0.717) is 0 Å². The Morgan fingerprint density at radius 2 is 1.77 bits per heavy atom. The van der Waals surface area contributed by atoms with Gasteiger partial charge in [-0.15, -0.1) is 0 Å². The van der Waals surface area contributed by atoms with Crippen LogP contribution in [0.5, 0.6) is 5.75 Å². The number of nitrogens with zero attached hydrogens (tertiary/aromatic N) is 1. The number of benzene rings is 2. The van der Waals surface area contributed by atoms with Crippen molar-refractivity contribution in [1.29, 1.82) is 0 Å². The van der Waals surface area contributed by atoms with Crippen LogP contribution in [-0.4, -0.2) is 23.6 Å². The molecule has 2 aromatic carbocycles. The number of hydrogen-bond acceptors (Lipinski definition) is 2. The molecule has 1 aliphatic heterocycles. The summed E-state index contributed by atoms with van der Waals surface area (Å²) >= 11 is 5.92. The Bertz CT molecular complexity index is 623. The second-order valence-corrected chi connectivity index (χ2v) is 6.89. The van der Waals surface area contributed by atoms with E-state index in [0.717, 1.165) is 36.8 Å². The van der Waals surface area contributed by atoms with Gasteiger partial charge in [-0.05, 0) is 43.7 Å². The Labute approximate surface area is 137 Å². The van der Waals surface area contributed by atoms with Crippen molar-refractivity contribution in [2.24, 2.45) is 0 Å². The normalized spacial score (nSPS) is 22.0. The summed E-state index contributed by atoms with van der Waals surface area (Å²) in [4.78, 5) is 2.46. The number of hydrogen-bond donors (Lipinski definition) is 0. The van der Waals surface area contributed by atoms with Crippen molar-refractivity contribution in [3.63, 3.8) is 0 Å². The lowest BCUT2D eigenvalue weighted by Gasteiger charge is -2.26. The minimum absolute atomic E-state index is 0.126. The summed E-state index contributed by atoms with van der Waals surface area (Å²) in [5.41, 5.74) is 2.54. The topological polar surface area (TPSA) is 12.5 Å². The third kappa shape index (κ3) is 3.82. The van der Waals surface area contributed by atoms with Crippen LogP contribution in [0.4, 0.5) is 0 Å². The fourth-order valence-electron chi connectivity index (χ4n) is 2.98. The second kappa shape index (κ2) is 6.31. The average molecular weight is 316 g/mol. The molecule has 0 spiro atoms. The van der Waals surface area contributed by atoms with Crippen molar-refractivity contribution in [3.05, 3.63) is 64.7 Å². The first-order valence-corrected chi connectivity index (χ1v) is 8.13. The molecule has 3 rings (SSSR count). The van der Waals surface area contributed by atoms with Crippen molar-refractivity contribution >= 4 is 11.6 Å². The molecular formula is C19H22ClNO. The van der Waals surface area contributed by atoms with Gasteiger partial charge in [0.05, 0.1) is 0 Å². The van der Waals surface area contributed by atoms with Gasteiger partial charge in [-0.1, -0.05) is 41.4 Å². The molecule has 0 N–H and O–H groups in total. The maximum Gasteiger partial charge on any atom is 0.120 e. The standard InChI is InChI=1S/C19H22ClNO/c1-15-3-5-16(6-4-15)13-21-12-11-19(2,14-21)22-18-9-7-17(20)8-10-18/h3-10H,11-14H2,1-2H3. The van der Waals surface area contributed by atoms with Crippen LogP contribution in [-0.2, 0) is 6.54 Å². The SMILES string of the molecule is Cc1ccc(CN2CCC(C)(Oc3ccc(Cl)cc3)C2)cc1. The third-order valence-corrected chi connectivity index (χ3v) is 4.47. The molecule has 1 saturated heterocycles. The summed E-state index contributed by atoms with van der Waals surface area (Å²) in [5, 5.41) is 0.741. The zero-order chi connectivity index (χ0) is 15.6. The minimum Gasteiger partial charge on any atom is -0.486 e. The zero-order valence-electron chi connectivity index (χ0n) is 13.2. The molecule has 0 radical (unpaired) electrons. The molecule has 1 aliphatic rings. The van der Waals surface area contributed by atoms with Crippen LogP contribution < -0.4 is 4.74 Å². The summed E-state index contributed by atoms with van der Waals surface area (Å²) in [6.45, 7) is 7.31. The Hall–Kier alpha value is -1.51. The van der Waals surface area contributed by atoms with Gasteiger partial charge >= 0.3 is 0 Å². The molecule has 0 amide bonds. The van der Waals surface area contributed by atoms with Crippen LogP contribution in [0.3, 0.4) is 0 Å². The van der Waals surface area contributed by atoms with E-state index >= 15 is 0 Å². The Balaban J connectivity index is 1.60. The molecule has 2 aromatic rings. The lowest BCUT2D eigenvalue weighted by molar-refractivity contribution is 0.0951. The van der Waals surface area contributed by atoms with Crippen LogP contribution in [0.1, 0.15) is 24.5 Å². The number of ether oxygens (including phenoxy) is 1. The Morgan fingerprint density at radius 3 is 2.45 bits per heavy atom. The summed E-state index contributed by atoms with van der Waals surface area (Å²) in [6.07, 6.45) is 1.04. The van der Waals surface area contributed by atoms with Crippen LogP contribution in [0.2, 0.25) is 5.02 Å². The van der Waals surface area contributed by atoms with Crippen molar-refractivity contribution < 1.29 is 4.74 Å². The zero-order valence-corrected chi connectivity index (χ0v) is 13.9. The van der Waals surface area contributed by atoms with Gasteiger partial charge in [-0.3, -0.25) is 4.90 Å². The van der Waals surface area contributed by atoms with Crippen molar-refractivity contribution in [2.75, 3.05) is 13.1 Å². The molecule has 1 unspecified atom stereocenters. The van der Waals surface area contributed by atoms with Crippen molar-refractivity contribution in [3.8, 4) is 5.75 Å². The number of likely N-dealkylation sites (tertiary alicyclic amines) is 1. The first-order chi connectivity index (χ1) is 10.5. The second-order valence-electron chi connectivity index (χ2n) is 6.45. The van der Waals surface area contributed by atoms with Crippen molar-refractivity contribution in [1.82, 2.24) is 4.90 Å². The largest absolute Gasteiger partial charge is 0.486 e. The van der Waals surface area contributed by atoms with E-state index in [1.165, 1.54) is 11.1 Å². The van der Waals surface area contributed by atoms with E-state index in [1.54, 1.807) is 0 Å². The molecule has 22 heavy (non-hydrogen) atoms. The molecule has 0 aromatic heterocycles. The first-order valence-electron chi connectivity index (χ1n) is 7.75. The van der Waals surface area contributed by atoms with Crippen molar-refractivity contribution in [2.45, 2.75) is 32.4 Å². The lowest BCUT2D eigenvalue weighted by Crippen LogP contribution is -2.35. The van der Waals surface area contributed by atoms with Gasteiger partial charge in [-0.2, -0.15) is 0 Å². The molecular weight excluding hydrogens is 294 g/mol. The fraction of sp³-hybridized carbons (Fsp3) is 0.368. The number of aryl methyl sites for hydroxylation is 1. The molecule has 116 valence electrons. The van der Waals surface area contributed by atoms with Gasteiger partial charge in [0.1, 0.15) is 11.4 Å². The van der Waals surface area contributed by atoms with Gasteiger partial charge in [0, 0.05) is 31.1 Å². The van der Waals surface area contributed by atoms with Gasteiger partial charge in [0.15, 0.2) is 0 Å². The van der Waals surface area contributed by atoms with E-state index in [4.69, 9.17) is 16.3 Å². The molecule has 2 nitrogen and oxygen atoms in total. The smallest absolute Gasteiger partial charge is 0.120 e. The predicted octanol–water partition coefficient (Wildman–Crippen LogP) is 4.69. The van der Waals surface area contributed by atoms with E-state index in [-0.39, 0.29) is 5.60 Å². The monoisotopic (exact) mass is 315 g/mol. The number of halogens is 1. The van der Waals surface area contributed by atoms with E-state index in [9.17, 15) is 0 Å². The van der Waals surface area contributed by atoms with Crippen LogP contribution in [0, 0.1) is 6.92 Å². The van der Waals surface area contributed by atoms with Gasteiger partial charge < -0.3 is 4.74 Å². The molecule has 0 aliphatic carbocycles. The molecule has 0 bridgehead atoms. The minimum atomic E-state index is -0.126. The van der Waals surface area contributed by atoms with Crippen LogP contribution in [0.25, 0.3) is 0 Å². The summed E-state index contributed by atoms with van der Waals surface area (Å²) in [7, 11) is 0. The highest BCUT2D eigenvalue weighted by atomic mass is 35.5. The summed E-state index contributed by atoms with van der Waals surface area (Å²) in [5.74, 6) is 0.893. The van der Waals surface area contributed by atoms with E-state index in [1.807, 2.05) is 24.3 Å². The highest BCUT2D eigenvalue weighted by molar-refractivity contribution is 6.30. The van der Waals surface area contributed by atoms with E-state index < -0.39 is 0 Å². The predicted molar refractivity (Wildman–Crippen MR) is 91.6 cm³/mol. The van der Waals surface area contributed by atoms with Gasteiger partial charge in [-0.25, -0.2) is 0 Å². The van der Waals surface area contributed by atoms with Crippen LogP contribution in [0.15, 0.2) is 48.5 Å². The maximum absolute atomic E-state index is 6.20. The summed E-state index contributed by atoms with van der Waals surface area (Å²) < 4.78 is 6.20. The first kappa shape index (κ1) is 15.4. The quantitative estimate of drug-likeness (QED) is 0.811. The third-order valence-electron chi connectivity index (χ3n) is 4.22. The van der Waals surface area contributed by atoms with Crippen LogP contribution >= 0.6 is 11.6 Å². The molecule has 1 heterocycles. The summed E-state index contributed by atoms with van der Waals surface area (Å²) in [6, 6.07) is 16.4. The number of rotatable bonds is 4. The molecule has 3 heteroatoms. The fourth-order valence-corrected chi connectivity index (χ4v) is 3.11. The van der Waals surface area contributed by atoms with Gasteiger partial charge in [0.2, 0.25) is 0 Å². The highest BCUT2D eigenvalue weighted by Gasteiger charge is 2.35. The molecule has 1 atom stereocenters.